The highest BCUT2D eigenvalue weighted by Gasteiger charge is 2.43. The van der Waals surface area contributed by atoms with Crippen LogP contribution in [0, 0.1) is 28.4 Å². The van der Waals surface area contributed by atoms with Crippen LogP contribution in [0.3, 0.4) is 0 Å². The van der Waals surface area contributed by atoms with Crippen molar-refractivity contribution in [3.63, 3.8) is 0 Å². The molecule has 0 radical (unpaired) electrons. The molecule has 0 aliphatic heterocycles. The number of anilines is 1. The summed E-state index contributed by atoms with van der Waals surface area (Å²) < 4.78 is 31.6. The number of hydrogen-bond acceptors (Lipinski definition) is 4. The lowest BCUT2D eigenvalue weighted by Gasteiger charge is -2.12. The van der Waals surface area contributed by atoms with E-state index in [0.29, 0.717) is 6.42 Å². The molecule has 1 aromatic rings. The van der Waals surface area contributed by atoms with E-state index in [1.54, 1.807) is 0 Å². The van der Waals surface area contributed by atoms with Crippen LogP contribution in [0.25, 0.3) is 0 Å². The van der Waals surface area contributed by atoms with E-state index in [9.17, 15) is 13.6 Å². The van der Waals surface area contributed by atoms with Crippen molar-refractivity contribution in [2.24, 2.45) is 5.41 Å². The summed E-state index contributed by atoms with van der Waals surface area (Å²) in [5.74, 6) is -2.74. The number of nitrogens with zero attached hydrogens (tertiary/aromatic N) is 1. The van der Waals surface area contributed by atoms with E-state index in [1.165, 1.54) is 0 Å². The summed E-state index contributed by atoms with van der Waals surface area (Å²) in [5.41, 5.74) is 4.03. The first-order valence-corrected chi connectivity index (χ1v) is 5.76. The summed E-state index contributed by atoms with van der Waals surface area (Å²) in [6.45, 7) is 0.0465. The van der Waals surface area contributed by atoms with Gasteiger partial charge in [-0.25, -0.2) is 13.6 Å². The molecule has 2 rings (SSSR count). The van der Waals surface area contributed by atoms with Crippen LogP contribution in [0.2, 0.25) is 0 Å². The minimum Gasteiger partial charge on any atom is -0.461 e. The second-order valence-corrected chi connectivity index (χ2v) is 4.76. The predicted molar refractivity (Wildman–Crippen MR) is 62.9 cm³/mol. The van der Waals surface area contributed by atoms with Gasteiger partial charge in [0.05, 0.1) is 23.9 Å². The van der Waals surface area contributed by atoms with Crippen LogP contribution in [0.15, 0.2) is 12.1 Å². The third kappa shape index (κ3) is 2.81. The van der Waals surface area contributed by atoms with E-state index in [0.717, 1.165) is 25.0 Å². The van der Waals surface area contributed by atoms with Crippen molar-refractivity contribution in [1.82, 2.24) is 0 Å². The number of nitriles is 1. The van der Waals surface area contributed by atoms with Crippen LogP contribution < -0.4 is 5.73 Å². The molecule has 4 nitrogen and oxygen atoms in total. The lowest BCUT2D eigenvalue weighted by molar-refractivity contribution is 0.0413. The highest BCUT2D eigenvalue weighted by atomic mass is 19.1. The maximum Gasteiger partial charge on any atom is 0.341 e. The summed E-state index contributed by atoms with van der Waals surface area (Å²) in [6.07, 6.45) is 1.89. The lowest BCUT2D eigenvalue weighted by Crippen LogP contribution is -2.16. The first-order valence-electron chi connectivity index (χ1n) is 5.76. The zero-order valence-corrected chi connectivity index (χ0v) is 10.1. The molecule has 0 unspecified atom stereocenters. The lowest BCUT2D eigenvalue weighted by atomic mass is 10.1. The Kier molecular flexibility index (Phi) is 3.38. The predicted octanol–water partition coefficient (Wildman–Crippen LogP) is 2.40. The van der Waals surface area contributed by atoms with E-state index in [2.05, 4.69) is 0 Å². The van der Waals surface area contributed by atoms with Crippen LogP contribution in [-0.2, 0) is 4.74 Å². The quantitative estimate of drug-likeness (QED) is 0.670. The van der Waals surface area contributed by atoms with Crippen molar-refractivity contribution in [3.05, 3.63) is 29.3 Å². The number of esters is 1. The van der Waals surface area contributed by atoms with E-state index < -0.39 is 23.2 Å². The summed E-state index contributed by atoms with van der Waals surface area (Å²) in [6, 6.07) is 3.48. The molecule has 6 heteroatoms. The standard InChI is InChI=1S/C13H12F2N2O2/c14-9-6-11(17)10(15)5-8(9)12(18)19-7-13(1-2-13)3-4-16/h5-6H,1-3,7,17H2. The summed E-state index contributed by atoms with van der Waals surface area (Å²) in [7, 11) is 0. The van der Waals surface area contributed by atoms with Crippen molar-refractivity contribution in [2.45, 2.75) is 19.3 Å². The molecule has 0 saturated heterocycles. The fourth-order valence-electron chi connectivity index (χ4n) is 1.73. The van der Waals surface area contributed by atoms with Gasteiger partial charge in [0.2, 0.25) is 0 Å². The zero-order chi connectivity index (χ0) is 14.0. The number of carbonyl (C=O) groups is 1. The molecular weight excluding hydrogens is 254 g/mol. The molecule has 100 valence electrons. The maximum absolute atomic E-state index is 13.5. The molecule has 0 amide bonds. The monoisotopic (exact) mass is 266 g/mol. The number of ether oxygens (including phenoxy) is 1. The Morgan fingerprint density at radius 1 is 1.42 bits per heavy atom. The average molecular weight is 266 g/mol. The van der Waals surface area contributed by atoms with Gasteiger partial charge >= 0.3 is 5.97 Å². The van der Waals surface area contributed by atoms with Crippen LogP contribution in [0.4, 0.5) is 14.5 Å². The van der Waals surface area contributed by atoms with Crippen LogP contribution in [0.1, 0.15) is 29.6 Å². The third-order valence-electron chi connectivity index (χ3n) is 3.23. The maximum atomic E-state index is 13.5. The van der Waals surface area contributed by atoms with Gasteiger partial charge in [-0.1, -0.05) is 0 Å². The number of hydrogen-bond donors (Lipinski definition) is 1. The molecule has 2 N–H and O–H groups in total. The van der Waals surface area contributed by atoms with E-state index in [1.807, 2.05) is 6.07 Å². The summed E-state index contributed by atoms with van der Waals surface area (Å²) in [5, 5.41) is 8.62. The fourth-order valence-corrected chi connectivity index (χ4v) is 1.73. The number of halogens is 2. The van der Waals surface area contributed by atoms with Gasteiger partial charge in [-0.2, -0.15) is 5.26 Å². The van der Waals surface area contributed by atoms with Gasteiger partial charge < -0.3 is 10.5 Å². The molecule has 1 saturated carbocycles. The van der Waals surface area contributed by atoms with Crippen molar-refractivity contribution in [2.75, 3.05) is 12.3 Å². The SMILES string of the molecule is N#CCC1(COC(=O)c2cc(F)c(N)cc2F)CC1. The Morgan fingerprint density at radius 2 is 2.11 bits per heavy atom. The topological polar surface area (TPSA) is 76.1 Å². The molecule has 0 heterocycles. The van der Waals surface area contributed by atoms with Gasteiger partial charge in [-0.15, -0.1) is 0 Å². The molecule has 1 aromatic carbocycles. The largest absolute Gasteiger partial charge is 0.461 e. The molecule has 1 fully saturated rings. The van der Waals surface area contributed by atoms with Crippen molar-refractivity contribution < 1.29 is 18.3 Å². The number of carbonyl (C=O) groups excluding carboxylic acids is 1. The number of nitrogen functional groups attached to an aromatic ring is 1. The number of nitrogens with two attached hydrogens (primary N) is 1. The fraction of sp³-hybridized carbons (Fsp3) is 0.385. The molecule has 0 aromatic heterocycles. The first-order chi connectivity index (χ1) is 8.97. The normalized spacial score (nSPS) is 15.6. The Bertz CT molecular complexity index is 562. The highest BCUT2D eigenvalue weighted by molar-refractivity contribution is 5.90. The van der Waals surface area contributed by atoms with Crippen LogP contribution in [0.5, 0.6) is 0 Å². The second-order valence-electron chi connectivity index (χ2n) is 4.76. The number of rotatable bonds is 4. The Labute approximate surface area is 108 Å². The van der Waals surface area contributed by atoms with E-state index in [-0.39, 0.29) is 17.7 Å². The molecular formula is C13H12F2N2O2. The van der Waals surface area contributed by atoms with E-state index in [4.69, 9.17) is 15.7 Å². The summed E-state index contributed by atoms with van der Waals surface area (Å²) >= 11 is 0. The van der Waals surface area contributed by atoms with Gasteiger partial charge in [0.1, 0.15) is 11.6 Å². The second kappa shape index (κ2) is 4.84. The van der Waals surface area contributed by atoms with Gasteiger partial charge in [0.15, 0.2) is 0 Å². The van der Waals surface area contributed by atoms with Crippen LogP contribution in [-0.4, -0.2) is 12.6 Å². The molecule has 19 heavy (non-hydrogen) atoms. The van der Waals surface area contributed by atoms with Gasteiger partial charge in [-0.05, 0) is 18.9 Å². The molecule has 0 atom stereocenters. The zero-order valence-electron chi connectivity index (χ0n) is 10.1. The Balaban J connectivity index is 2.05. The average Bonchev–Trinajstić information content (AvgIpc) is 3.12. The van der Waals surface area contributed by atoms with Gasteiger partial charge in [0.25, 0.3) is 0 Å². The van der Waals surface area contributed by atoms with Crippen molar-refractivity contribution in [3.8, 4) is 6.07 Å². The minimum atomic E-state index is -0.944. The molecule has 1 aliphatic carbocycles. The highest BCUT2D eigenvalue weighted by Crippen LogP contribution is 2.48. The van der Waals surface area contributed by atoms with Crippen LogP contribution >= 0.6 is 0 Å². The van der Waals surface area contributed by atoms with Gasteiger partial charge in [0, 0.05) is 17.9 Å². The van der Waals surface area contributed by atoms with Crippen molar-refractivity contribution in [1.29, 1.82) is 5.26 Å². The molecule has 0 bridgehead atoms. The smallest absolute Gasteiger partial charge is 0.341 e. The summed E-state index contributed by atoms with van der Waals surface area (Å²) in [4.78, 5) is 11.7. The first kappa shape index (κ1) is 13.3. The van der Waals surface area contributed by atoms with E-state index >= 15 is 0 Å². The number of benzene rings is 1. The van der Waals surface area contributed by atoms with Gasteiger partial charge in [-0.3, -0.25) is 0 Å². The third-order valence-corrected chi connectivity index (χ3v) is 3.23. The Hall–Kier alpha value is -2.16. The molecule has 0 spiro atoms. The minimum absolute atomic E-state index is 0.0465. The molecule has 1 aliphatic rings. The Morgan fingerprint density at radius 3 is 2.68 bits per heavy atom. The van der Waals surface area contributed by atoms with Crippen molar-refractivity contribution >= 4 is 11.7 Å².